The maximum absolute atomic E-state index is 12.8. The lowest BCUT2D eigenvalue weighted by molar-refractivity contribution is -0.137. The summed E-state index contributed by atoms with van der Waals surface area (Å²) < 4.78 is 43.6. The maximum Gasteiger partial charge on any atom is 0.416 e. The standard InChI is InChI=1S/C20H21F3N2O3/c1-12-8-9-15(11-16(12)25-18(27)28-19(2,3)4)24-17(26)13-6-5-7-14(10-13)20(21,22)23/h5-11H,1-4H3,(H,24,26)(H,25,27). The van der Waals surface area contributed by atoms with Gasteiger partial charge in [-0.25, -0.2) is 4.79 Å². The lowest BCUT2D eigenvalue weighted by Crippen LogP contribution is -2.27. The highest BCUT2D eigenvalue weighted by Crippen LogP contribution is 2.30. The van der Waals surface area contributed by atoms with Gasteiger partial charge < -0.3 is 10.1 Å². The Morgan fingerprint density at radius 1 is 0.964 bits per heavy atom. The summed E-state index contributed by atoms with van der Waals surface area (Å²) >= 11 is 0. The van der Waals surface area contributed by atoms with Crippen molar-refractivity contribution in [3.8, 4) is 0 Å². The molecule has 5 nitrogen and oxygen atoms in total. The van der Waals surface area contributed by atoms with E-state index in [0.29, 0.717) is 11.4 Å². The number of hydrogen-bond donors (Lipinski definition) is 2. The van der Waals surface area contributed by atoms with Gasteiger partial charge in [-0.05, 0) is 63.6 Å². The first-order valence-electron chi connectivity index (χ1n) is 8.44. The molecule has 0 aliphatic heterocycles. The summed E-state index contributed by atoms with van der Waals surface area (Å²) in [5.41, 5.74) is -0.251. The quantitative estimate of drug-likeness (QED) is 0.711. The van der Waals surface area contributed by atoms with Crippen LogP contribution >= 0.6 is 0 Å². The van der Waals surface area contributed by atoms with Gasteiger partial charge in [-0.1, -0.05) is 12.1 Å². The van der Waals surface area contributed by atoms with E-state index in [2.05, 4.69) is 10.6 Å². The summed E-state index contributed by atoms with van der Waals surface area (Å²) in [5, 5.41) is 5.12. The van der Waals surface area contributed by atoms with Crippen molar-refractivity contribution in [2.45, 2.75) is 39.5 Å². The molecule has 0 aromatic heterocycles. The minimum Gasteiger partial charge on any atom is -0.444 e. The zero-order valence-corrected chi connectivity index (χ0v) is 15.9. The summed E-state index contributed by atoms with van der Waals surface area (Å²) in [6.45, 7) is 6.94. The molecule has 2 aromatic rings. The first-order chi connectivity index (χ1) is 12.8. The maximum atomic E-state index is 12.8. The number of ether oxygens (including phenoxy) is 1. The van der Waals surface area contributed by atoms with Gasteiger partial charge in [0, 0.05) is 16.9 Å². The molecule has 2 rings (SSSR count). The minimum atomic E-state index is -4.54. The number of aryl methyl sites for hydroxylation is 1. The first kappa shape index (κ1) is 21.3. The van der Waals surface area contributed by atoms with E-state index in [1.807, 2.05) is 0 Å². The van der Waals surface area contributed by atoms with Crippen LogP contribution in [0.1, 0.15) is 42.3 Å². The normalized spacial score (nSPS) is 11.7. The second-order valence-corrected chi connectivity index (χ2v) is 7.19. The highest BCUT2D eigenvalue weighted by Gasteiger charge is 2.30. The average molecular weight is 394 g/mol. The van der Waals surface area contributed by atoms with Crippen molar-refractivity contribution in [2.75, 3.05) is 10.6 Å². The van der Waals surface area contributed by atoms with Crippen molar-refractivity contribution in [1.29, 1.82) is 0 Å². The summed E-state index contributed by atoms with van der Waals surface area (Å²) in [4.78, 5) is 24.2. The molecule has 2 amide bonds. The van der Waals surface area contributed by atoms with Crippen molar-refractivity contribution >= 4 is 23.4 Å². The Morgan fingerprint density at radius 3 is 2.25 bits per heavy atom. The molecule has 8 heteroatoms. The Morgan fingerprint density at radius 2 is 1.64 bits per heavy atom. The molecule has 28 heavy (non-hydrogen) atoms. The second kappa shape index (κ2) is 7.92. The van der Waals surface area contributed by atoms with Gasteiger partial charge in [0.05, 0.1) is 5.56 Å². The number of amides is 2. The molecule has 0 radical (unpaired) electrons. The van der Waals surface area contributed by atoms with Crippen molar-refractivity contribution in [2.24, 2.45) is 0 Å². The number of nitrogens with one attached hydrogen (secondary N) is 2. The van der Waals surface area contributed by atoms with Crippen LogP contribution in [-0.4, -0.2) is 17.6 Å². The third kappa shape index (κ3) is 6.00. The summed E-state index contributed by atoms with van der Waals surface area (Å²) in [5.74, 6) is -0.696. The zero-order chi connectivity index (χ0) is 21.1. The highest BCUT2D eigenvalue weighted by molar-refractivity contribution is 6.04. The number of rotatable bonds is 3. The van der Waals surface area contributed by atoms with Crippen LogP contribution < -0.4 is 10.6 Å². The molecule has 0 unspecified atom stereocenters. The van der Waals surface area contributed by atoms with E-state index in [1.54, 1.807) is 39.8 Å². The van der Waals surface area contributed by atoms with Crippen LogP contribution in [0.4, 0.5) is 29.3 Å². The number of benzene rings is 2. The topological polar surface area (TPSA) is 67.4 Å². The SMILES string of the molecule is Cc1ccc(NC(=O)c2cccc(C(F)(F)F)c2)cc1NC(=O)OC(C)(C)C. The minimum absolute atomic E-state index is 0.128. The molecule has 150 valence electrons. The van der Waals surface area contributed by atoms with E-state index in [1.165, 1.54) is 18.2 Å². The number of hydrogen-bond acceptors (Lipinski definition) is 3. The monoisotopic (exact) mass is 394 g/mol. The van der Waals surface area contributed by atoms with Crippen molar-refractivity contribution in [3.63, 3.8) is 0 Å². The molecule has 2 N–H and O–H groups in total. The van der Waals surface area contributed by atoms with Crippen molar-refractivity contribution in [3.05, 3.63) is 59.2 Å². The van der Waals surface area contributed by atoms with Gasteiger partial charge in [0.2, 0.25) is 0 Å². The largest absolute Gasteiger partial charge is 0.444 e. The smallest absolute Gasteiger partial charge is 0.416 e. The van der Waals surface area contributed by atoms with Crippen molar-refractivity contribution in [1.82, 2.24) is 0 Å². The van der Waals surface area contributed by atoms with Crippen LogP contribution in [0.15, 0.2) is 42.5 Å². The predicted molar refractivity (Wildman–Crippen MR) is 100 cm³/mol. The summed E-state index contributed by atoms with van der Waals surface area (Å²) in [6.07, 6.45) is -5.19. The number of anilines is 2. The Hall–Kier alpha value is -3.03. The lowest BCUT2D eigenvalue weighted by atomic mass is 10.1. The van der Waals surface area contributed by atoms with E-state index in [4.69, 9.17) is 4.74 Å². The van der Waals surface area contributed by atoms with E-state index in [0.717, 1.165) is 17.7 Å². The molecule has 0 atom stereocenters. The number of carbonyl (C=O) groups excluding carboxylic acids is 2. The van der Waals surface area contributed by atoms with E-state index in [9.17, 15) is 22.8 Å². The highest BCUT2D eigenvalue weighted by atomic mass is 19.4. The van der Waals surface area contributed by atoms with Crippen LogP contribution in [0.2, 0.25) is 0 Å². The average Bonchev–Trinajstić information content (AvgIpc) is 2.55. The van der Waals surface area contributed by atoms with Gasteiger partial charge in [-0.15, -0.1) is 0 Å². The van der Waals surface area contributed by atoms with Crippen LogP contribution in [0, 0.1) is 6.92 Å². The molecule has 0 saturated heterocycles. The lowest BCUT2D eigenvalue weighted by Gasteiger charge is -2.20. The van der Waals surface area contributed by atoms with Gasteiger partial charge >= 0.3 is 12.3 Å². The molecular formula is C20H21F3N2O3. The Kier molecular flexibility index (Phi) is 6.01. The molecular weight excluding hydrogens is 373 g/mol. The zero-order valence-electron chi connectivity index (χ0n) is 15.9. The fourth-order valence-electron chi connectivity index (χ4n) is 2.29. The van der Waals surface area contributed by atoms with Gasteiger partial charge in [0.25, 0.3) is 5.91 Å². The predicted octanol–water partition coefficient (Wildman–Crippen LogP) is 5.61. The second-order valence-electron chi connectivity index (χ2n) is 7.19. The molecule has 2 aromatic carbocycles. The van der Waals surface area contributed by atoms with E-state index < -0.39 is 29.3 Å². The van der Waals surface area contributed by atoms with Gasteiger partial charge in [0.1, 0.15) is 5.60 Å². The van der Waals surface area contributed by atoms with Crippen LogP contribution in [0.5, 0.6) is 0 Å². The summed E-state index contributed by atoms with van der Waals surface area (Å²) in [6, 6.07) is 8.89. The fraction of sp³-hybridized carbons (Fsp3) is 0.300. The molecule has 0 spiro atoms. The fourth-order valence-corrected chi connectivity index (χ4v) is 2.29. The van der Waals surface area contributed by atoms with Crippen LogP contribution in [-0.2, 0) is 10.9 Å². The van der Waals surface area contributed by atoms with E-state index in [-0.39, 0.29) is 5.56 Å². The number of carbonyl (C=O) groups is 2. The third-order valence-electron chi connectivity index (χ3n) is 3.58. The van der Waals surface area contributed by atoms with Crippen LogP contribution in [0.3, 0.4) is 0 Å². The molecule has 0 bridgehead atoms. The van der Waals surface area contributed by atoms with Gasteiger partial charge in [0.15, 0.2) is 0 Å². The molecule has 0 aliphatic carbocycles. The number of halogens is 3. The number of alkyl halides is 3. The molecule has 0 aliphatic rings. The Labute approximate surface area is 160 Å². The Bertz CT molecular complexity index is 887. The summed E-state index contributed by atoms with van der Waals surface area (Å²) in [7, 11) is 0. The molecule has 0 fully saturated rings. The third-order valence-corrected chi connectivity index (χ3v) is 3.58. The van der Waals surface area contributed by atoms with Gasteiger partial charge in [-0.2, -0.15) is 13.2 Å². The first-order valence-corrected chi connectivity index (χ1v) is 8.44. The van der Waals surface area contributed by atoms with Crippen molar-refractivity contribution < 1.29 is 27.5 Å². The van der Waals surface area contributed by atoms with E-state index >= 15 is 0 Å². The van der Waals surface area contributed by atoms with Gasteiger partial charge in [-0.3, -0.25) is 10.1 Å². The Balaban J connectivity index is 2.17. The molecule has 0 saturated carbocycles. The van der Waals surface area contributed by atoms with Crippen LogP contribution in [0.25, 0.3) is 0 Å². The molecule has 0 heterocycles.